The molecule has 6 saturated carbocycles. The fourth-order valence-corrected chi connectivity index (χ4v) is 10.1. The Bertz CT molecular complexity index is 797. The van der Waals surface area contributed by atoms with E-state index < -0.39 is 0 Å². The minimum atomic E-state index is -0.130. The number of hydrogen-bond donors (Lipinski definition) is 0. The van der Waals surface area contributed by atoms with Crippen LogP contribution in [0, 0.1) is 107 Å². The second kappa shape index (κ2) is 5.74. The lowest BCUT2D eigenvalue weighted by molar-refractivity contribution is -0.0569. The summed E-state index contributed by atoms with van der Waals surface area (Å²) in [6.07, 6.45) is 6.69. The maximum atomic E-state index is 10.0. The number of nitrogens with zero attached hydrogens (tertiary/aromatic N) is 4. The largest absolute Gasteiger partial charge is 0.305 e. The normalized spacial score (nSPS) is 59.9. The van der Waals surface area contributed by atoms with E-state index in [-0.39, 0.29) is 23.9 Å². The van der Waals surface area contributed by atoms with Gasteiger partial charge in [0.25, 0.3) is 12.1 Å². The van der Waals surface area contributed by atoms with Crippen molar-refractivity contribution < 1.29 is 0 Å². The van der Waals surface area contributed by atoms with Gasteiger partial charge >= 0.3 is 0 Å². The van der Waals surface area contributed by atoms with Crippen LogP contribution in [0.2, 0.25) is 0 Å². The lowest BCUT2D eigenvalue weighted by Crippen LogP contribution is -2.55. The van der Waals surface area contributed by atoms with Gasteiger partial charge in [-0.15, -0.1) is 0 Å². The Morgan fingerprint density at radius 2 is 0.964 bits per heavy atom. The highest BCUT2D eigenvalue weighted by Gasteiger charge is 2.74. The fourth-order valence-electron chi connectivity index (χ4n) is 10.1. The van der Waals surface area contributed by atoms with Crippen LogP contribution < -0.4 is 0 Å². The van der Waals surface area contributed by atoms with Gasteiger partial charge in [0, 0.05) is 11.8 Å². The molecule has 0 N–H and O–H groups in total. The molecule has 14 atom stereocenters. The smallest absolute Gasteiger partial charge is 0.300 e. The van der Waals surface area contributed by atoms with Gasteiger partial charge in [0.1, 0.15) is 0 Å². The molecule has 0 amide bonds. The summed E-state index contributed by atoms with van der Waals surface area (Å²) in [6.45, 7) is 15.8. The van der Waals surface area contributed by atoms with E-state index in [9.17, 15) is 10.5 Å². The molecule has 6 fully saturated rings. The Morgan fingerprint density at radius 1 is 0.571 bits per heavy atom. The van der Waals surface area contributed by atoms with Gasteiger partial charge in [0.15, 0.2) is 0 Å². The first kappa shape index (κ1) is 16.9. The number of rotatable bonds is 0. The third-order valence-electron chi connectivity index (χ3n) is 10.5. The fraction of sp³-hybridized carbons (Fsp3) is 0.833. The van der Waals surface area contributed by atoms with E-state index in [4.69, 9.17) is 13.1 Å². The third kappa shape index (κ3) is 1.75. The highest BCUT2D eigenvalue weighted by Crippen LogP contribution is 2.74. The van der Waals surface area contributed by atoms with E-state index in [0.717, 1.165) is 31.6 Å². The topological polar surface area (TPSA) is 56.3 Å². The predicted molar refractivity (Wildman–Crippen MR) is 102 cm³/mol. The quantitative estimate of drug-likeness (QED) is 0.593. The van der Waals surface area contributed by atoms with E-state index in [1.807, 2.05) is 0 Å². The molecule has 28 heavy (non-hydrogen) atoms. The molecule has 0 saturated heterocycles. The first-order valence-electron chi connectivity index (χ1n) is 11.3. The van der Waals surface area contributed by atoms with E-state index in [1.54, 1.807) is 0 Å². The lowest BCUT2D eigenvalue weighted by Gasteiger charge is -2.54. The summed E-state index contributed by atoms with van der Waals surface area (Å²) in [5.41, 5.74) is 0. The van der Waals surface area contributed by atoms with Crippen LogP contribution in [-0.2, 0) is 0 Å². The first-order chi connectivity index (χ1) is 13.7. The molecule has 0 radical (unpaired) electrons. The van der Waals surface area contributed by atoms with Crippen molar-refractivity contribution in [1.29, 1.82) is 10.5 Å². The average Bonchev–Trinajstić information content (AvgIpc) is 3.10. The van der Waals surface area contributed by atoms with Crippen molar-refractivity contribution in [3.05, 3.63) is 22.8 Å². The van der Waals surface area contributed by atoms with Gasteiger partial charge in [-0.3, -0.25) is 0 Å². The van der Waals surface area contributed by atoms with Crippen LogP contribution in [0.4, 0.5) is 0 Å². The first-order valence-corrected chi connectivity index (χ1v) is 11.3. The molecule has 142 valence electrons. The van der Waals surface area contributed by atoms with E-state index in [1.165, 1.54) is 12.8 Å². The Labute approximate surface area is 167 Å². The van der Waals surface area contributed by atoms with Crippen molar-refractivity contribution in [3.8, 4) is 12.1 Å². The van der Waals surface area contributed by atoms with Crippen LogP contribution in [0.25, 0.3) is 9.69 Å². The molecule has 0 spiro atoms. The maximum absolute atomic E-state index is 10.0. The van der Waals surface area contributed by atoms with Crippen molar-refractivity contribution in [2.75, 3.05) is 0 Å². The van der Waals surface area contributed by atoms with Gasteiger partial charge in [0.2, 0.25) is 0 Å². The van der Waals surface area contributed by atoms with Crippen LogP contribution in [0.15, 0.2) is 0 Å². The summed E-state index contributed by atoms with van der Waals surface area (Å²) < 4.78 is 0. The second-order valence-corrected chi connectivity index (χ2v) is 10.6. The highest BCUT2D eigenvalue weighted by molar-refractivity contribution is 5.25. The maximum Gasteiger partial charge on any atom is 0.300 e. The second-order valence-electron chi connectivity index (χ2n) is 10.6. The molecule has 6 aliphatic carbocycles. The van der Waals surface area contributed by atoms with Crippen LogP contribution in [0.3, 0.4) is 0 Å². The van der Waals surface area contributed by atoms with E-state index in [0.29, 0.717) is 53.3 Å². The average molecular weight is 371 g/mol. The highest BCUT2D eigenvalue weighted by atomic mass is 14.9. The van der Waals surface area contributed by atoms with Crippen LogP contribution >= 0.6 is 0 Å². The summed E-state index contributed by atoms with van der Waals surface area (Å²) in [7, 11) is 0. The zero-order chi connectivity index (χ0) is 19.2. The van der Waals surface area contributed by atoms with Gasteiger partial charge in [-0.05, 0) is 85.9 Å². The van der Waals surface area contributed by atoms with Crippen LogP contribution in [0.1, 0.15) is 38.5 Å². The molecule has 4 nitrogen and oxygen atoms in total. The van der Waals surface area contributed by atoms with E-state index >= 15 is 0 Å². The van der Waals surface area contributed by atoms with E-state index in [2.05, 4.69) is 21.8 Å². The molecule has 6 aliphatic rings. The molecule has 6 rings (SSSR count). The Morgan fingerprint density at radius 3 is 1.50 bits per heavy atom. The number of nitriles is 2. The predicted octanol–water partition coefficient (Wildman–Crippen LogP) is 4.43. The molecule has 0 heterocycles. The summed E-state index contributed by atoms with van der Waals surface area (Å²) in [5, 5.41) is 20.1. The minimum absolute atomic E-state index is 0.0948. The van der Waals surface area contributed by atoms with Gasteiger partial charge in [-0.1, -0.05) is 0 Å². The van der Waals surface area contributed by atoms with Crippen molar-refractivity contribution in [1.82, 2.24) is 0 Å². The Kier molecular flexibility index (Phi) is 3.46. The SMILES string of the molecule is [C-]#[N+]C1C2CCC3CCC4C(C#N)C(C#N)C5CCC(C1[N+]#[C-])C1C2C3C4C51. The van der Waals surface area contributed by atoms with Gasteiger partial charge in [-0.25, -0.2) is 13.1 Å². The zero-order valence-electron chi connectivity index (χ0n) is 16.1. The van der Waals surface area contributed by atoms with Crippen molar-refractivity contribution >= 4 is 0 Å². The monoisotopic (exact) mass is 370 g/mol. The van der Waals surface area contributed by atoms with Gasteiger partial charge in [0.05, 0.1) is 24.0 Å². The van der Waals surface area contributed by atoms with Crippen molar-refractivity contribution in [3.63, 3.8) is 0 Å². The minimum Gasteiger partial charge on any atom is -0.305 e. The van der Waals surface area contributed by atoms with Crippen molar-refractivity contribution in [2.45, 2.75) is 50.6 Å². The molecule has 14 unspecified atom stereocenters. The Hall–Kier alpha value is -2.04. The summed E-state index contributed by atoms with van der Waals surface area (Å²) in [4.78, 5) is 8.13. The molecular formula is C24H26N4. The van der Waals surface area contributed by atoms with Gasteiger partial charge < -0.3 is 9.69 Å². The lowest BCUT2D eigenvalue weighted by atomic mass is 9.48. The van der Waals surface area contributed by atoms with Gasteiger partial charge in [-0.2, -0.15) is 10.5 Å². The molecular weight excluding hydrogens is 344 g/mol. The third-order valence-corrected chi connectivity index (χ3v) is 10.5. The Balaban J connectivity index is 1.54. The zero-order valence-corrected chi connectivity index (χ0v) is 16.1. The summed E-state index contributed by atoms with van der Waals surface area (Å²) in [6, 6.07) is 4.95. The van der Waals surface area contributed by atoms with Crippen molar-refractivity contribution in [2.24, 2.45) is 71.0 Å². The molecule has 0 aromatic rings. The molecule has 0 aromatic carbocycles. The standard InChI is InChI=1S/C24H26N4/c1-27-23-14-6-4-11-3-5-12-16(9-25)17(10-26)13-7-8-15(24(23)28-2)22-20(13)19(12)18(11)21(14)22/h11-24H,3-8H2. The molecule has 4 heteroatoms. The summed E-state index contributed by atoms with van der Waals surface area (Å²) >= 11 is 0. The molecule has 0 aliphatic heterocycles. The summed E-state index contributed by atoms with van der Waals surface area (Å²) in [5.74, 6) is 5.02. The van der Waals surface area contributed by atoms with Crippen LogP contribution in [0.5, 0.6) is 0 Å². The van der Waals surface area contributed by atoms with Crippen LogP contribution in [-0.4, -0.2) is 12.1 Å². The number of hydrogen-bond acceptors (Lipinski definition) is 2. The molecule has 0 bridgehead atoms. The molecule has 0 aromatic heterocycles.